The van der Waals surface area contributed by atoms with E-state index in [2.05, 4.69) is 24.2 Å². The predicted octanol–water partition coefficient (Wildman–Crippen LogP) is 2.80. The minimum Gasteiger partial charge on any atom is -0.378 e. The maximum atomic E-state index is 5.00. The van der Waals surface area contributed by atoms with Crippen molar-refractivity contribution in [2.45, 2.75) is 32.8 Å². The second kappa shape index (κ2) is 4.58. The zero-order valence-electron chi connectivity index (χ0n) is 7.83. The van der Waals surface area contributed by atoms with Gasteiger partial charge in [-0.05, 0) is 12.3 Å². The summed E-state index contributed by atoms with van der Waals surface area (Å²) in [4.78, 5) is 4.46. The molecule has 0 spiro atoms. The van der Waals surface area contributed by atoms with Gasteiger partial charge in [-0.15, -0.1) is 11.3 Å². The fourth-order valence-corrected chi connectivity index (χ4v) is 1.84. The van der Waals surface area contributed by atoms with E-state index in [0.29, 0.717) is 12.5 Å². The third-order valence-electron chi connectivity index (χ3n) is 1.95. The van der Waals surface area contributed by atoms with Crippen LogP contribution < -0.4 is 0 Å². The molecular formula is C9H15NOS. The maximum Gasteiger partial charge on any atom is 0.119 e. The zero-order chi connectivity index (χ0) is 8.97. The first-order valence-corrected chi connectivity index (χ1v) is 5.09. The van der Waals surface area contributed by atoms with Crippen LogP contribution in [0.15, 0.2) is 5.38 Å². The summed E-state index contributed by atoms with van der Waals surface area (Å²) < 4.78 is 5.00. The van der Waals surface area contributed by atoms with E-state index >= 15 is 0 Å². The summed E-state index contributed by atoms with van der Waals surface area (Å²) in [6, 6.07) is 0. The van der Waals surface area contributed by atoms with Crippen molar-refractivity contribution in [1.29, 1.82) is 0 Å². The molecule has 12 heavy (non-hydrogen) atoms. The van der Waals surface area contributed by atoms with Crippen molar-refractivity contribution in [3.63, 3.8) is 0 Å². The number of aromatic nitrogens is 1. The van der Waals surface area contributed by atoms with Crippen molar-refractivity contribution >= 4 is 11.3 Å². The van der Waals surface area contributed by atoms with Gasteiger partial charge in [0.1, 0.15) is 5.01 Å². The molecule has 0 aliphatic carbocycles. The monoisotopic (exact) mass is 185 g/mol. The molecule has 68 valence electrons. The van der Waals surface area contributed by atoms with Crippen molar-refractivity contribution in [3.8, 4) is 0 Å². The third kappa shape index (κ3) is 2.29. The minimum atomic E-state index is 0.576. The Hall–Kier alpha value is -0.410. The summed E-state index contributed by atoms with van der Waals surface area (Å²) in [6.07, 6.45) is 1.15. The Morgan fingerprint density at radius 1 is 1.67 bits per heavy atom. The lowest BCUT2D eigenvalue weighted by atomic mass is 10.1. The second-order valence-electron chi connectivity index (χ2n) is 2.91. The quantitative estimate of drug-likeness (QED) is 0.719. The van der Waals surface area contributed by atoms with Gasteiger partial charge < -0.3 is 4.74 Å². The highest BCUT2D eigenvalue weighted by Crippen LogP contribution is 2.20. The second-order valence-corrected chi connectivity index (χ2v) is 3.85. The molecular weight excluding hydrogens is 170 g/mol. The van der Waals surface area contributed by atoms with Gasteiger partial charge in [0.05, 0.1) is 12.3 Å². The molecule has 0 N–H and O–H groups in total. The first kappa shape index (κ1) is 9.68. The van der Waals surface area contributed by atoms with Gasteiger partial charge in [0, 0.05) is 12.5 Å². The minimum absolute atomic E-state index is 0.576. The van der Waals surface area contributed by atoms with E-state index in [1.165, 1.54) is 5.69 Å². The van der Waals surface area contributed by atoms with E-state index in [4.69, 9.17) is 4.74 Å². The van der Waals surface area contributed by atoms with Crippen LogP contribution >= 0.6 is 11.3 Å². The number of ether oxygens (including phenoxy) is 1. The van der Waals surface area contributed by atoms with Crippen LogP contribution in [0.25, 0.3) is 0 Å². The Kier molecular flexibility index (Phi) is 3.69. The summed E-state index contributed by atoms with van der Waals surface area (Å²) in [7, 11) is 1.70. The fraction of sp³-hybridized carbons (Fsp3) is 0.667. The Bertz CT molecular complexity index is 234. The molecule has 2 nitrogen and oxygen atoms in total. The molecule has 1 rings (SSSR count). The van der Waals surface area contributed by atoms with E-state index in [0.717, 1.165) is 11.4 Å². The van der Waals surface area contributed by atoms with Crippen LogP contribution in [0.4, 0.5) is 0 Å². The van der Waals surface area contributed by atoms with E-state index in [1.54, 1.807) is 18.4 Å². The van der Waals surface area contributed by atoms with Crippen LogP contribution in [0.3, 0.4) is 0 Å². The van der Waals surface area contributed by atoms with Gasteiger partial charge in [-0.2, -0.15) is 0 Å². The van der Waals surface area contributed by atoms with Crippen molar-refractivity contribution in [2.24, 2.45) is 0 Å². The normalized spacial score (nSPS) is 13.2. The molecule has 0 aromatic carbocycles. The highest BCUT2D eigenvalue weighted by Gasteiger charge is 2.07. The Balaban J connectivity index is 2.63. The summed E-state index contributed by atoms with van der Waals surface area (Å²) in [5.74, 6) is 0.576. The van der Waals surface area contributed by atoms with Crippen LogP contribution in [-0.4, -0.2) is 12.1 Å². The molecule has 1 aromatic rings. The van der Waals surface area contributed by atoms with Crippen LogP contribution in [0, 0.1) is 0 Å². The maximum absolute atomic E-state index is 5.00. The molecule has 1 aromatic heterocycles. The zero-order valence-corrected chi connectivity index (χ0v) is 8.65. The summed E-state index contributed by atoms with van der Waals surface area (Å²) in [5.41, 5.74) is 1.20. The van der Waals surface area contributed by atoms with E-state index in [1.807, 2.05) is 0 Å². The van der Waals surface area contributed by atoms with Crippen molar-refractivity contribution < 1.29 is 4.74 Å². The number of hydrogen-bond donors (Lipinski definition) is 0. The molecule has 0 bridgehead atoms. The van der Waals surface area contributed by atoms with Crippen LogP contribution in [0.5, 0.6) is 0 Å². The number of hydrogen-bond acceptors (Lipinski definition) is 3. The van der Waals surface area contributed by atoms with Crippen LogP contribution in [-0.2, 0) is 11.3 Å². The van der Waals surface area contributed by atoms with Crippen LogP contribution in [0.1, 0.15) is 36.9 Å². The smallest absolute Gasteiger partial charge is 0.119 e. The summed E-state index contributed by atoms with van der Waals surface area (Å²) >= 11 is 1.68. The van der Waals surface area contributed by atoms with Gasteiger partial charge in [0.25, 0.3) is 0 Å². The van der Waals surface area contributed by atoms with Gasteiger partial charge >= 0.3 is 0 Å². The molecule has 3 heteroatoms. The van der Waals surface area contributed by atoms with Crippen molar-refractivity contribution in [3.05, 3.63) is 16.1 Å². The average Bonchev–Trinajstić information content (AvgIpc) is 2.52. The number of thiazole rings is 1. The lowest BCUT2D eigenvalue weighted by Crippen LogP contribution is -1.92. The van der Waals surface area contributed by atoms with Gasteiger partial charge in [-0.3, -0.25) is 0 Å². The molecule has 0 amide bonds. The SMILES string of the molecule is CCC(C)c1csc(COC)n1. The Labute approximate surface area is 77.6 Å². The standard InChI is InChI=1S/C9H15NOS/c1-4-7(2)8-6-12-9(10-8)5-11-3/h6-7H,4-5H2,1-3H3. The predicted molar refractivity (Wildman–Crippen MR) is 51.5 cm³/mol. The van der Waals surface area contributed by atoms with E-state index in [-0.39, 0.29) is 0 Å². The molecule has 1 unspecified atom stereocenters. The highest BCUT2D eigenvalue weighted by atomic mass is 32.1. The van der Waals surface area contributed by atoms with Gasteiger partial charge in [-0.25, -0.2) is 4.98 Å². The number of methoxy groups -OCH3 is 1. The molecule has 1 heterocycles. The molecule has 0 radical (unpaired) electrons. The number of rotatable bonds is 4. The van der Waals surface area contributed by atoms with Gasteiger partial charge in [0.15, 0.2) is 0 Å². The Morgan fingerprint density at radius 3 is 3.00 bits per heavy atom. The topological polar surface area (TPSA) is 22.1 Å². The lowest BCUT2D eigenvalue weighted by molar-refractivity contribution is 0.184. The lowest BCUT2D eigenvalue weighted by Gasteiger charge is -2.02. The molecule has 0 saturated carbocycles. The fourth-order valence-electron chi connectivity index (χ4n) is 0.950. The van der Waals surface area contributed by atoms with E-state index in [9.17, 15) is 0 Å². The first-order chi connectivity index (χ1) is 5.77. The molecule has 0 fully saturated rings. The largest absolute Gasteiger partial charge is 0.378 e. The molecule has 0 aliphatic heterocycles. The molecule has 0 saturated heterocycles. The van der Waals surface area contributed by atoms with Crippen molar-refractivity contribution in [1.82, 2.24) is 4.98 Å². The first-order valence-electron chi connectivity index (χ1n) is 4.21. The molecule has 1 atom stereocenters. The van der Waals surface area contributed by atoms with Crippen molar-refractivity contribution in [2.75, 3.05) is 7.11 Å². The van der Waals surface area contributed by atoms with Gasteiger partial charge in [-0.1, -0.05) is 13.8 Å². The highest BCUT2D eigenvalue weighted by molar-refractivity contribution is 7.09. The summed E-state index contributed by atoms with van der Waals surface area (Å²) in [5, 5.41) is 3.20. The Morgan fingerprint density at radius 2 is 2.42 bits per heavy atom. The summed E-state index contributed by atoms with van der Waals surface area (Å²) in [6.45, 7) is 5.02. The van der Waals surface area contributed by atoms with Gasteiger partial charge in [0.2, 0.25) is 0 Å². The number of nitrogens with zero attached hydrogens (tertiary/aromatic N) is 1. The molecule has 0 aliphatic rings. The average molecular weight is 185 g/mol. The van der Waals surface area contributed by atoms with E-state index < -0.39 is 0 Å². The third-order valence-corrected chi connectivity index (χ3v) is 2.80. The van der Waals surface area contributed by atoms with Crippen LogP contribution in [0.2, 0.25) is 0 Å².